The minimum absolute atomic E-state index is 0.0950. The Morgan fingerprint density at radius 2 is 1.58 bits per heavy atom. The van der Waals surface area contributed by atoms with Crippen molar-refractivity contribution in [1.29, 1.82) is 0 Å². The average molecular weight is 265 g/mol. The third kappa shape index (κ3) is 2.76. The Balaban J connectivity index is 2.64. The van der Waals surface area contributed by atoms with Gasteiger partial charge in [-0.1, -0.05) is 18.2 Å². The minimum Gasteiger partial charge on any atom is -0.369 e. The maximum absolute atomic E-state index is 13.7. The molecule has 2 aromatic carbocycles. The van der Waals surface area contributed by atoms with E-state index in [1.54, 1.807) is 6.07 Å². The van der Waals surface area contributed by atoms with Gasteiger partial charge in [0.1, 0.15) is 5.82 Å². The molecular weight excluding hydrogens is 255 g/mol. The zero-order valence-electron chi connectivity index (χ0n) is 9.79. The lowest BCUT2D eigenvalue weighted by Crippen LogP contribution is -2.14. The lowest BCUT2D eigenvalue weighted by atomic mass is 9.96. The highest BCUT2D eigenvalue weighted by Gasteiger charge is 2.15. The molecule has 0 aliphatic heterocycles. The van der Waals surface area contributed by atoms with Gasteiger partial charge in [-0.15, -0.1) is 0 Å². The summed E-state index contributed by atoms with van der Waals surface area (Å²) in [5, 5.41) is 0. The van der Waals surface area contributed by atoms with Gasteiger partial charge < -0.3 is 5.73 Å². The van der Waals surface area contributed by atoms with Gasteiger partial charge in [0.2, 0.25) is 5.91 Å². The van der Waals surface area contributed by atoms with Gasteiger partial charge in [0.25, 0.3) is 0 Å². The van der Waals surface area contributed by atoms with Gasteiger partial charge in [-0.2, -0.15) is 0 Å². The summed E-state index contributed by atoms with van der Waals surface area (Å²) in [5.41, 5.74) is 5.41. The Morgan fingerprint density at radius 1 is 0.947 bits per heavy atom. The molecule has 98 valence electrons. The van der Waals surface area contributed by atoms with Crippen molar-refractivity contribution in [1.82, 2.24) is 0 Å². The van der Waals surface area contributed by atoms with Crippen molar-refractivity contribution in [2.45, 2.75) is 6.42 Å². The van der Waals surface area contributed by atoms with Gasteiger partial charge in [-0.05, 0) is 29.3 Å². The standard InChI is InChI=1S/C14H10F3NO/c15-11-4-2-1-3-9(11)10-7-13(17)12(16)5-8(10)6-14(18)19/h1-5,7H,6H2,(H2,18,19). The molecule has 0 aliphatic carbocycles. The molecule has 0 atom stereocenters. The predicted octanol–water partition coefficient (Wildman–Crippen LogP) is 2.80. The lowest BCUT2D eigenvalue weighted by Gasteiger charge is -2.10. The summed E-state index contributed by atoms with van der Waals surface area (Å²) in [6.07, 6.45) is -0.291. The normalized spacial score (nSPS) is 10.5. The highest BCUT2D eigenvalue weighted by Crippen LogP contribution is 2.28. The second-order valence-electron chi connectivity index (χ2n) is 4.05. The number of halogens is 3. The van der Waals surface area contributed by atoms with E-state index in [9.17, 15) is 18.0 Å². The monoisotopic (exact) mass is 265 g/mol. The Labute approximate surface area is 107 Å². The van der Waals surface area contributed by atoms with E-state index in [0.29, 0.717) is 0 Å². The highest BCUT2D eigenvalue weighted by molar-refractivity contribution is 5.80. The summed E-state index contributed by atoms with van der Waals surface area (Å²) in [6, 6.07) is 7.39. The van der Waals surface area contributed by atoms with Crippen molar-refractivity contribution < 1.29 is 18.0 Å². The third-order valence-corrected chi connectivity index (χ3v) is 2.67. The first-order valence-corrected chi connectivity index (χ1v) is 5.50. The molecule has 0 saturated heterocycles. The second kappa shape index (κ2) is 5.14. The number of hydrogen-bond donors (Lipinski definition) is 1. The van der Waals surface area contributed by atoms with E-state index in [2.05, 4.69) is 0 Å². The van der Waals surface area contributed by atoms with E-state index in [1.165, 1.54) is 18.2 Å². The van der Waals surface area contributed by atoms with E-state index in [1.807, 2.05) is 0 Å². The summed E-state index contributed by atoms with van der Waals surface area (Å²) in [7, 11) is 0. The van der Waals surface area contributed by atoms with E-state index in [0.717, 1.165) is 12.1 Å². The first kappa shape index (κ1) is 13.1. The van der Waals surface area contributed by atoms with E-state index in [4.69, 9.17) is 5.73 Å². The zero-order valence-corrected chi connectivity index (χ0v) is 9.79. The average Bonchev–Trinajstić information content (AvgIpc) is 2.34. The molecule has 19 heavy (non-hydrogen) atoms. The van der Waals surface area contributed by atoms with Crippen LogP contribution in [0.3, 0.4) is 0 Å². The molecule has 0 heterocycles. The molecule has 2 aromatic rings. The van der Waals surface area contributed by atoms with Gasteiger partial charge in [-0.3, -0.25) is 4.79 Å². The molecule has 0 spiro atoms. The van der Waals surface area contributed by atoms with E-state index >= 15 is 0 Å². The molecule has 2 rings (SSSR count). The van der Waals surface area contributed by atoms with Crippen molar-refractivity contribution in [3.63, 3.8) is 0 Å². The fraction of sp³-hybridized carbons (Fsp3) is 0.0714. The smallest absolute Gasteiger partial charge is 0.221 e. The van der Waals surface area contributed by atoms with Crippen LogP contribution in [-0.4, -0.2) is 5.91 Å². The van der Waals surface area contributed by atoms with E-state index in [-0.39, 0.29) is 23.1 Å². The third-order valence-electron chi connectivity index (χ3n) is 2.67. The van der Waals surface area contributed by atoms with Crippen molar-refractivity contribution in [3.05, 3.63) is 59.4 Å². The molecular formula is C14H10F3NO. The summed E-state index contributed by atoms with van der Waals surface area (Å²) in [5.74, 6) is -3.49. The molecule has 2 N–H and O–H groups in total. The van der Waals surface area contributed by atoms with Gasteiger partial charge >= 0.3 is 0 Å². The van der Waals surface area contributed by atoms with Crippen LogP contribution < -0.4 is 5.73 Å². The number of primary amides is 1. The number of hydrogen-bond acceptors (Lipinski definition) is 1. The van der Waals surface area contributed by atoms with Crippen LogP contribution in [0.25, 0.3) is 11.1 Å². The van der Waals surface area contributed by atoms with Crippen LogP contribution in [0.5, 0.6) is 0 Å². The van der Waals surface area contributed by atoms with Crippen LogP contribution in [0.2, 0.25) is 0 Å². The Bertz CT molecular complexity index is 641. The quantitative estimate of drug-likeness (QED) is 0.911. The first-order chi connectivity index (χ1) is 8.99. The molecule has 0 saturated carbocycles. The van der Waals surface area contributed by atoms with Gasteiger partial charge in [0.15, 0.2) is 11.6 Å². The number of carbonyl (C=O) groups is 1. The molecule has 2 nitrogen and oxygen atoms in total. The Morgan fingerprint density at radius 3 is 2.21 bits per heavy atom. The number of amides is 1. The molecule has 0 aromatic heterocycles. The predicted molar refractivity (Wildman–Crippen MR) is 64.7 cm³/mol. The fourth-order valence-corrected chi connectivity index (χ4v) is 1.85. The van der Waals surface area contributed by atoms with Gasteiger partial charge in [-0.25, -0.2) is 13.2 Å². The van der Waals surface area contributed by atoms with Crippen LogP contribution in [-0.2, 0) is 11.2 Å². The van der Waals surface area contributed by atoms with Crippen molar-refractivity contribution in [2.24, 2.45) is 5.73 Å². The molecule has 5 heteroatoms. The number of benzene rings is 2. The van der Waals surface area contributed by atoms with Crippen LogP contribution in [0.15, 0.2) is 36.4 Å². The van der Waals surface area contributed by atoms with Crippen molar-refractivity contribution in [2.75, 3.05) is 0 Å². The number of nitrogens with two attached hydrogens (primary N) is 1. The first-order valence-electron chi connectivity index (χ1n) is 5.50. The van der Waals surface area contributed by atoms with E-state index < -0.39 is 23.4 Å². The van der Waals surface area contributed by atoms with Gasteiger partial charge in [0, 0.05) is 5.56 Å². The summed E-state index contributed by atoms with van der Waals surface area (Å²) in [6.45, 7) is 0. The Hall–Kier alpha value is -2.30. The van der Waals surface area contributed by atoms with Crippen LogP contribution >= 0.6 is 0 Å². The molecule has 0 bridgehead atoms. The minimum atomic E-state index is -1.11. The molecule has 0 unspecified atom stereocenters. The molecule has 0 fully saturated rings. The van der Waals surface area contributed by atoms with Crippen LogP contribution in [0.4, 0.5) is 13.2 Å². The Kier molecular flexibility index (Phi) is 3.55. The zero-order chi connectivity index (χ0) is 14.0. The van der Waals surface area contributed by atoms with Crippen LogP contribution in [0, 0.1) is 17.5 Å². The summed E-state index contributed by atoms with van der Waals surface area (Å²) in [4.78, 5) is 10.9. The van der Waals surface area contributed by atoms with Crippen molar-refractivity contribution >= 4 is 5.91 Å². The molecule has 0 aliphatic rings. The van der Waals surface area contributed by atoms with Crippen LogP contribution in [0.1, 0.15) is 5.56 Å². The SMILES string of the molecule is NC(=O)Cc1cc(F)c(F)cc1-c1ccccc1F. The maximum atomic E-state index is 13.7. The second-order valence-corrected chi connectivity index (χ2v) is 4.05. The summed E-state index contributed by atoms with van der Waals surface area (Å²) < 4.78 is 40.2. The number of rotatable bonds is 3. The highest BCUT2D eigenvalue weighted by atomic mass is 19.2. The molecule has 0 radical (unpaired) electrons. The number of carbonyl (C=O) groups excluding carboxylic acids is 1. The molecule has 1 amide bonds. The topological polar surface area (TPSA) is 43.1 Å². The maximum Gasteiger partial charge on any atom is 0.221 e. The van der Waals surface area contributed by atoms with Gasteiger partial charge in [0.05, 0.1) is 6.42 Å². The van der Waals surface area contributed by atoms with Crippen molar-refractivity contribution in [3.8, 4) is 11.1 Å². The fourth-order valence-electron chi connectivity index (χ4n) is 1.85. The lowest BCUT2D eigenvalue weighted by molar-refractivity contribution is -0.117. The largest absolute Gasteiger partial charge is 0.369 e. The summed E-state index contributed by atoms with van der Waals surface area (Å²) >= 11 is 0.